The summed E-state index contributed by atoms with van der Waals surface area (Å²) in [5.74, 6) is -0.546. The molecule has 8 heteroatoms. The maximum Gasteiger partial charge on any atom is 0.264 e. The van der Waals surface area contributed by atoms with E-state index in [0.717, 1.165) is 25.5 Å². The van der Waals surface area contributed by atoms with Crippen molar-refractivity contribution in [2.75, 3.05) is 10.8 Å². The fourth-order valence-corrected chi connectivity index (χ4v) is 4.77. The van der Waals surface area contributed by atoms with E-state index in [4.69, 9.17) is 0 Å². The number of benzene rings is 3. The lowest BCUT2D eigenvalue weighted by atomic mass is 10.1. The summed E-state index contributed by atoms with van der Waals surface area (Å²) >= 11 is 3.41. The molecule has 0 aliphatic carbocycles. The van der Waals surface area contributed by atoms with Gasteiger partial charge in [-0.3, -0.25) is 9.10 Å². The summed E-state index contributed by atoms with van der Waals surface area (Å²) in [7, 11) is -3.96. The molecule has 3 aromatic rings. The van der Waals surface area contributed by atoms with Crippen molar-refractivity contribution in [2.45, 2.75) is 25.7 Å². The summed E-state index contributed by atoms with van der Waals surface area (Å²) in [5, 5.41) is 4.14. The van der Waals surface area contributed by atoms with Gasteiger partial charge >= 0.3 is 0 Å². The van der Waals surface area contributed by atoms with Crippen molar-refractivity contribution in [3.8, 4) is 0 Å². The van der Waals surface area contributed by atoms with Gasteiger partial charge in [-0.25, -0.2) is 13.8 Å². The minimum atomic E-state index is -3.96. The van der Waals surface area contributed by atoms with Crippen LogP contribution in [0.25, 0.3) is 0 Å². The van der Waals surface area contributed by atoms with Crippen molar-refractivity contribution in [3.63, 3.8) is 0 Å². The van der Waals surface area contributed by atoms with E-state index in [9.17, 15) is 13.2 Å². The molecule has 32 heavy (non-hydrogen) atoms. The number of nitrogens with one attached hydrogen (secondary N) is 1. The van der Waals surface area contributed by atoms with Crippen LogP contribution in [0.4, 0.5) is 5.69 Å². The van der Waals surface area contributed by atoms with Crippen LogP contribution in [0.5, 0.6) is 0 Å². The lowest BCUT2D eigenvalue weighted by Crippen LogP contribution is -2.39. The van der Waals surface area contributed by atoms with Gasteiger partial charge in [0.1, 0.15) is 6.54 Å². The minimum Gasteiger partial charge on any atom is -0.271 e. The van der Waals surface area contributed by atoms with Crippen LogP contribution < -0.4 is 9.73 Å². The summed E-state index contributed by atoms with van der Waals surface area (Å²) in [6.45, 7) is 5.15. The number of carbonyl (C=O) groups is 1. The molecule has 1 N–H and O–H groups in total. The van der Waals surface area contributed by atoms with E-state index in [0.29, 0.717) is 11.4 Å². The van der Waals surface area contributed by atoms with Crippen LogP contribution in [0, 0.1) is 13.8 Å². The van der Waals surface area contributed by atoms with Gasteiger partial charge in [-0.15, -0.1) is 0 Å². The van der Waals surface area contributed by atoms with Gasteiger partial charge in [-0.1, -0.05) is 63.5 Å². The second-order valence-corrected chi connectivity index (χ2v) is 10.2. The van der Waals surface area contributed by atoms with Crippen molar-refractivity contribution in [1.29, 1.82) is 0 Å². The van der Waals surface area contributed by atoms with E-state index in [-0.39, 0.29) is 4.90 Å². The highest BCUT2D eigenvalue weighted by Crippen LogP contribution is 2.24. The molecule has 166 valence electrons. The molecule has 0 aliphatic rings. The molecule has 0 heterocycles. The van der Waals surface area contributed by atoms with Crippen molar-refractivity contribution in [3.05, 3.63) is 94.0 Å². The highest BCUT2D eigenvalue weighted by Gasteiger charge is 2.27. The Bertz CT molecular complexity index is 1240. The zero-order valence-electron chi connectivity index (χ0n) is 18.0. The maximum absolute atomic E-state index is 13.4. The predicted octanol–water partition coefficient (Wildman–Crippen LogP) is 4.80. The number of rotatable bonds is 7. The van der Waals surface area contributed by atoms with Gasteiger partial charge in [0.25, 0.3) is 15.9 Å². The van der Waals surface area contributed by atoms with Gasteiger partial charge < -0.3 is 0 Å². The third-order valence-corrected chi connectivity index (χ3v) is 7.09. The topological polar surface area (TPSA) is 78.8 Å². The van der Waals surface area contributed by atoms with Gasteiger partial charge in [0, 0.05) is 4.47 Å². The molecule has 0 aliphatic heterocycles. The third kappa shape index (κ3) is 5.83. The first-order valence-electron chi connectivity index (χ1n) is 9.92. The number of hydrazone groups is 1. The van der Waals surface area contributed by atoms with Crippen molar-refractivity contribution >= 4 is 43.3 Å². The Labute approximate surface area is 197 Å². The van der Waals surface area contributed by atoms with Gasteiger partial charge in [0.15, 0.2) is 0 Å². The molecule has 0 fully saturated rings. The Kier molecular flexibility index (Phi) is 7.48. The highest BCUT2D eigenvalue weighted by atomic mass is 79.9. The van der Waals surface area contributed by atoms with Crippen molar-refractivity contribution in [1.82, 2.24) is 5.43 Å². The second kappa shape index (κ2) is 10.1. The average molecular weight is 514 g/mol. The van der Waals surface area contributed by atoms with E-state index in [1.165, 1.54) is 0 Å². The predicted molar refractivity (Wildman–Crippen MR) is 131 cm³/mol. The molecule has 0 saturated carbocycles. The van der Waals surface area contributed by atoms with Crippen molar-refractivity contribution < 1.29 is 13.2 Å². The van der Waals surface area contributed by atoms with E-state index in [2.05, 4.69) is 26.5 Å². The number of carbonyl (C=O) groups excluding carboxylic acids is 1. The van der Waals surface area contributed by atoms with E-state index in [1.54, 1.807) is 55.5 Å². The largest absolute Gasteiger partial charge is 0.271 e. The Morgan fingerprint density at radius 3 is 2.16 bits per heavy atom. The normalized spacial score (nSPS) is 11.8. The average Bonchev–Trinajstić information content (AvgIpc) is 2.77. The van der Waals surface area contributed by atoms with Crippen LogP contribution in [-0.2, 0) is 14.8 Å². The third-order valence-electron chi connectivity index (χ3n) is 4.81. The molecular weight excluding hydrogens is 490 g/mol. The summed E-state index contributed by atoms with van der Waals surface area (Å²) in [5.41, 5.74) is 6.24. The lowest BCUT2D eigenvalue weighted by Gasteiger charge is -2.24. The van der Waals surface area contributed by atoms with Crippen LogP contribution in [-0.4, -0.2) is 26.6 Å². The Balaban J connectivity index is 1.87. The molecule has 3 rings (SSSR count). The quantitative estimate of drug-likeness (QED) is 0.364. The summed E-state index contributed by atoms with van der Waals surface area (Å²) in [6.07, 6.45) is 0. The minimum absolute atomic E-state index is 0.116. The van der Waals surface area contributed by atoms with Gasteiger partial charge in [0.2, 0.25) is 0 Å². The van der Waals surface area contributed by atoms with E-state index < -0.39 is 22.5 Å². The number of anilines is 1. The Morgan fingerprint density at radius 2 is 1.56 bits per heavy atom. The fourth-order valence-electron chi connectivity index (χ4n) is 2.95. The van der Waals surface area contributed by atoms with Crippen LogP contribution in [0.1, 0.15) is 23.6 Å². The molecule has 0 unspecified atom stereocenters. The number of hydrogen-bond acceptors (Lipinski definition) is 4. The number of sulfonamides is 1. The summed E-state index contributed by atoms with van der Waals surface area (Å²) < 4.78 is 28.7. The molecule has 1 amide bonds. The van der Waals surface area contributed by atoms with Crippen LogP contribution in [0.3, 0.4) is 0 Å². The second-order valence-electron chi connectivity index (χ2n) is 7.40. The smallest absolute Gasteiger partial charge is 0.264 e. The number of hydrogen-bond donors (Lipinski definition) is 1. The van der Waals surface area contributed by atoms with E-state index in [1.807, 2.05) is 38.1 Å². The van der Waals surface area contributed by atoms with Crippen molar-refractivity contribution in [2.24, 2.45) is 5.10 Å². The zero-order chi connectivity index (χ0) is 23.3. The van der Waals surface area contributed by atoms with Gasteiger partial charge in [-0.05, 0) is 62.7 Å². The first kappa shape index (κ1) is 23.7. The maximum atomic E-state index is 13.4. The number of aryl methyl sites for hydroxylation is 2. The molecular formula is C24H24BrN3O3S. The monoisotopic (exact) mass is 513 g/mol. The van der Waals surface area contributed by atoms with Gasteiger partial charge in [-0.2, -0.15) is 5.10 Å². The SMILES string of the molecule is C/C(=N/NC(=O)CN(c1ccc(C)cc1)S(=O)(=O)c1ccc(C)cc1)c1cccc(Br)c1. The zero-order valence-corrected chi connectivity index (χ0v) is 20.4. The molecule has 6 nitrogen and oxygen atoms in total. The van der Waals surface area contributed by atoms with Gasteiger partial charge in [0.05, 0.1) is 16.3 Å². The molecule has 0 aromatic heterocycles. The molecule has 3 aromatic carbocycles. The van der Waals surface area contributed by atoms with Crippen LogP contribution in [0.15, 0.2) is 87.3 Å². The highest BCUT2D eigenvalue weighted by molar-refractivity contribution is 9.10. The van der Waals surface area contributed by atoms with E-state index >= 15 is 0 Å². The van der Waals surface area contributed by atoms with Crippen LogP contribution >= 0.6 is 15.9 Å². The number of amides is 1. The molecule has 0 spiro atoms. The molecule has 0 atom stereocenters. The molecule has 0 saturated heterocycles. The lowest BCUT2D eigenvalue weighted by molar-refractivity contribution is -0.119. The molecule has 0 radical (unpaired) electrons. The van der Waals surface area contributed by atoms with Crippen LogP contribution in [0.2, 0.25) is 0 Å². The Morgan fingerprint density at radius 1 is 0.969 bits per heavy atom. The molecule has 0 bridgehead atoms. The number of nitrogens with zero attached hydrogens (tertiary/aromatic N) is 2. The first-order chi connectivity index (χ1) is 15.2. The fraction of sp³-hybridized carbons (Fsp3) is 0.167. The number of halogens is 1. The first-order valence-corrected chi connectivity index (χ1v) is 12.2. The summed E-state index contributed by atoms with van der Waals surface area (Å²) in [4.78, 5) is 12.8. The summed E-state index contributed by atoms with van der Waals surface area (Å²) in [6, 6.07) is 21.0. The Hall–Kier alpha value is -2.97. The standard InChI is InChI=1S/C24H24BrN3O3S/c1-17-7-11-22(12-8-17)28(32(30,31)23-13-9-18(2)10-14-23)16-24(29)27-26-19(3)20-5-4-6-21(25)15-20/h4-15H,16H2,1-3H3,(H,27,29)/b26-19-.